The van der Waals surface area contributed by atoms with E-state index in [1.807, 2.05) is 36.4 Å². The highest BCUT2D eigenvalue weighted by Gasteiger charge is 2.22. The Morgan fingerprint density at radius 2 is 1.00 bits per heavy atom. The van der Waals surface area contributed by atoms with Crippen molar-refractivity contribution in [1.82, 2.24) is 10.6 Å². The molecule has 5 aromatic rings. The third-order valence-electron chi connectivity index (χ3n) is 7.55. The van der Waals surface area contributed by atoms with Crippen molar-refractivity contribution in [3.05, 3.63) is 191 Å². The molecule has 0 saturated carbocycles. The average molecular weight is 543 g/mol. The number of nitrogens with zero attached hydrogens (tertiary/aromatic N) is 2. The van der Waals surface area contributed by atoms with Crippen LogP contribution in [0.1, 0.15) is 45.6 Å². The van der Waals surface area contributed by atoms with Gasteiger partial charge in [-0.05, 0) is 46.0 Å². The van der Waals surface area contributed by atoms with Gasteiger partial charge in [0.15, 0.2) is 6.17 Å². The molecule has 4 nitrogen and oxygen atoms in total. The maximum absolute atomic E-state index is 5.08. The second kappa shape index (κ2) is 11.6. The third-order valence-corrected chi connectivity index (χ3v) is 7.55. The van der Waals surface area contributed by atoms with Crippen LogP contribution < -0.4 is 10.6 Å². The molecule has 0 amide bonds. The van der Waals surface area contributed by atoms with Crippen LogP contribution in [0.25, 0.3) is 11.3 Å². The summed E-state index contributed by atoms with van der Waals surface area (Å²) in [7, 11) is 0. The van der Waals surface area contributed by atoms with Crippen molar-refractivity contribution < 1.29 is 0 Å². The van der Waals surface area contributed by atoms with Crippen molar-refractivity contribution >= 4 is 22.9 Å². The lowest BCUT2D eigenvalue weighted by molar-refractivity contribution is 0.756. The molecule has 4 heteroatoms. The number of dihydropyridines is 1. The molecule has 202 valence electrons. The van der Waals surface area contributed by atoms with Gasteiger partial charge in [-0.25, -0.2) is 9.98 Å². The molecular weight excluding hydrogens is 512 g/mol. The Morgan fingerprint density at radius 1 is 0.476 bits per heavy atom. The van der Waals surface area contributed by atoms with E-state index in [0.29, 0.717) is 0 Å². The number of aliphatic imine (C=N–C) groups is 2. The first-order valence-electron chi connectivity index (χ1n) is 14.2. The van der Waals surface area contributed by atoms with Crippen LogP contribution in [-0.4, -0.2) is 11.7 Å². The summed E-state index contributed by atoms with van der Waals surface area (Å²) < 4.78 is 0. The molecule has 2 aliphatic rings. The van der Waals surface area contributed by atoms with Crippen molar-refractivity contribution in [2.24, 2.45) is 9.98 Å². The molecule has 0 fully saturated rings. The van der Waals surface area contributed by atoms with Gasteiger partial charge in [-0.1, -0.05) is 140 Å². The van der Waals surface area contributed by atoms with Crippen LogP contribution in [0.5, 0.6) is 0 Å². The topological polar surface area (TPSA) is 48.8 Å². The first-order chi connectivity index (χ1) is 20.8. The lowest BCUT2D eigenvalue weighted by Crippen LogP contribution is -2.36. The van der Waals surface area contributed by atoms with Crippen molar-refractivity contribution in [2.45, 2.75) is 12.2 Å². The molecule has 2 atom stereocenters. The highest BCUT2D eigenvalue weighted by Crippen LogP contribution is 2.32. The molecule has 0 radical (unpaired) electrons. The number of rotatable bonds is 6. The number of hydrogen-bond donors (Lipinski definition) is 2. The summed E-state index contributed by atoms with van der Waals surface area (Å²) in [6.45, 7) is 0. The minimum absolute atomic E-state index is 0.0504. The molecule has 42 heavy (non-hydrogen) atoms. The normalized spacial score (nSPS) is 18.0. The van der Waals surface area contributed by atoms with Crippen LogP contribution in [0.3, 0.4) is 0 Å². The van der Waals surface area contributed by atoms with E-state index in [4.69, 9.17) is 9.98 Å². The van der Waals surface area contributed by atoms with Gasteiger partial charge < -0.3 is 10.6 Å². The second-order valence-corrected chi connectivity index (χ2v) is 10.4. The van der Waals surface area contributed by atoms with Gasteiger partial charge in [0, 0.05) is 16.8 Å². The van der Waals surface area contributed by atoms with E-state index < -0.39 is 0 Å². The monoisotopic (exact) mass is 542 g/mol. The van der Waals surface area contributed by atoms with Gasteiger partial charge in [0.2, 0.25) is 0 Å². The molecule has 2 heterocycles. The zero-order valence-electron chi connectivity index (χ0n) is 23.1. The summed E-state index contributed by atoms with van der Waals surface area (Å²) in [4.78, 5) is 10.1. The largest absolute Gasteiger partial charge is 0.374 e. The van der Waals surface area contributed by atoms with Crippen molar-refractivity contribution in [3.63, 3.8) is 0 Å². The molecule has 5 aromatic carbocycles. The van der Waals surface area contributed by atoms with Crippen molar-refractivity contribution in [2.75, 3.05) is 0 Å². The summed E-state index contributed by atoms with van der Waals surface area (Å²) in [5, 5.41) is 7.28. The molecule has 2 unspecified atom stereocenters. The number of nitrogens with one attached hydrogen (secondary N) is 2. The Balaban J connectivity index is 1.28. The third kappa shape index (κ3) is 5.43. The molecule has 0 aromatic heterocycles. The molecule has 7 rings (SSSR count). The van der Waals surface area contributed by atoms with Gasteiger partial charge in [-0.2, -0.15) is 0 Å². The molecular formula is C38H30N4. The van der Waals surface area contributed by atoms with Gasteiger partial charge in [0.05, 0.1) is 6.04 Å². The zero-order chi connectivity index (χ0) is 28.1. The molecule has 2 N–H and O–H groups in total. The summed E-state index contributed by atoms with van der Waals surface area (Å²) >= 11 is 0. The number of amidine groups is 2. The van der Waals surface area contributed by atoms with Crippen LogP contribution >= 0.6 is 0 Å². The Morgan fingerprint density at radius 3 is 1.67 bits per heavy atom. The maximum Gasteiger partial charge on any atom is 0.169 e. The van der Waals surface area contributed by atoms with E-state index in [0.717, 1.165) is 50.8 Å². The molecule has 0 saturated heterocycles. The van der Waals surface area contributed by atoms with Gasteiger partial charge in [0.1, 0.15) is 11.7 Å². The highest BCUT2D eigenvalue weighted by atomic mass is 15.2. The predicted molar refractivity (Wildman–Crippen MR) is 173 cm³/mol. The number of benzene rings is 5. The lowest BCUT2D eigenvalue weighted by Gasteiger charge is -2.26. The smallest absolute Gasteiger partial charge is 0.169 e. The summed E-state index contributed by atoms with van der Waals surface area (Å²) in [5.74, 6) is 1.62. The fourth-order valence-corrected chi connectivity index (χ4v) is 5.40. The average Bonchev–Trinajstić information content (AvgIpc) is 3.09. The van der Waals surface area contributed by atoms with Gasteiger partial charge in [0.25, 0.3) is 0 Å². The Labute approximate surface area is 246 Å². The predicted octanol–water partition coefficient (Wildman–Crippen LogP) is 7.95. The maximum atomic E-state index is 5.08. The standard InChI is InChI=1S/C38H30N4/c1-5-14-27(15-6-1)34-25-33(26-35(39-34)28-16-7-2-8-17-28)31-22-13-23-32(24-31)38-41-36(29-18-9-3-10-19-29)40-37(42-38)30-20-11-4-12-21-30/h1-26,34,36,39H,(H,40,41,42). The SMILES string of the molecule is C1=C(c2cccc(C3=NC(c4ccccc4)N=C(c4ccccc4)N3)c2)C=C(c2ccccc2)NC1c1ccccc1. The Bertz CT molecular complexity index is 1810. The van der Waals surface area contributed by atoms with Gasteiger partial charge in [-0.15, -0.1) is 0 Å². The fraction of sp³-hybridized carbons (Fsp3) is 0.0526. The van der Waals surface area contributed by atoms with E-state index in [2.05, 4.69) is 132 Å². The van der Waals surface area contributed by atoms with Crippen LogP contribution in [0.2, 0.25) is 0 Å². The van der Waals surface area contributed by atoms with Gasteiger partial charge >= 0.3 is 0 Å². The molecule has 0 bridgehead atoms. The minimum Gasteiger partial charge on any atom is -0.374 e. The van der Waals surface area contributed by atoms with E-state index in [1.165, 1.54) is 5.56 Å². The lowest BCUT2D eigenvalue weighted by atomic mass is 9.92. The highest BCUT2D eigenvalue weighted by molar-refractivity contribution is 6.16. The van der Waals surface area contributed by atoms with Crippen LogP contribution in [0.15, 0.2) is 168 Å². The van der Waals surface area contributed by atoms with E-state index in [-0.39, 0.29) is 12.2 Å². The van der Waals surface area contributed by atoms with Crippen LogP contribution in [-0.2, 0) is 0 Å². The zero-order valence-corrected chi connectivity index (χ0v) is 23.1. The molecule has 0 spiro atoms. The second-order valence-electron chi connectivity index (χ2n) is 10.4. The summed E-state index contributed by atoms with van der Waals surface area (Å²) in [5.41, 5.74) is 8.88. The fourth-order valence-electron chi connectivity index (χ4n) is 5.40. The molecule has 2 aliphatic heterocycles. The van der Waals surface area contributed by atoms with E-state index in [9.17, 15) is 0 Å². The number of hydrogen-bond acceptors (Lipinski definition) is 4. The van der Waals surface area contributed by atoms with Crippen molar-refractivity contribution in [1.29, 1.82) is 0 Å². The minimum atomic E-state index is -0.327. The first-order valence-corrected chi connectivity index (χ1v) is 14.2. The summed E-state index contributed by atoms with van der Waals surface area (Å²) in [6, 6.07) is 50.3. The van der Waals surface area contributed by atoms with Crippen LogP contribution in [0, 0.1) is 0 Å². The number of allylic oxidation sites excluding steroid dienone is 2. The quantitative estimate of drug-likeness (QED) is 0.229. The Hall–Kier alpha value is -5.48. The summed E-state index contributed by atoms with van der Waals surface area (Å²) in [6.07, 6.45) is 4.22. The Kier molecular flexibility index (Phi) is 7.01. The first kappa shape index (κ1) is 25.5. The molecule has 0 aliphatic carbocycles. The van der Waals surface area contributed by atoms with Crippen molar-refractivity contribution in [3.8, 4) is 0 Å². The van der Waals surface area contributed by atoms with E-state index in [1.54, 1.807) is 0 Å². The van der Waals surface area contributed by atoms with E-state index >= 15 is 0 Å². The van der Waals surface area contributed by atoms with Crippen LogP contribution in [0.4, 0.5) is 0 Å². The van der Waals surface area contributed by atoms with Gasteiger partial charge in [-0.3, -0.25) is 0 Å².